The fraction of sp³-hybridized carbons (Fsp3) is 0.222. The number of carbonyl (C=O) groups is 2. The lowest BCUT2D eigenvalue weighted by Gasteiger charge is -2.24. The molecule has 1 N–H and O–H groups in total. The second-order valence-electron chi connectivity index (χ2n) is 8.26. The van der Waals surface area contributed by atoms with Gasteiger partial charge >= 0.3 is 0 Å². The minimum atomic E-state index is -0.671. The number of amides is 2. The predicted molar refractivity (Wildman–Crippen MR) is 144 cm³/mol. The second-order valence-corrected chi connectivity index (χ2v) is 9.54. The fourth-order valence-electron chi connectivity index (χ4n) is 4.01. The van der Waals surface area contributed by atoms with Crippen molar-refractivity contribution in [3.05, 3.63) is 94.5 Å². The summed E-state index contributed by atoms with van der Waals surface area (Å²) in [6.45, 7) is 0.887. The first-order valence-electron chi connectivity index (χ1n) is 11.3. The Labute approximate surface area is 219 Å². The average molecular weight is 552 g/mol. The molecule has 1 aliphatic rings. The van der Waals surface area contributed by atoms with Crippen molar-refractivity contribution in [1.29, 1.82) is 0 Å². The third kappa shape index (κ3) is 6.26. The number of anilines is 1. The molecule has 8 heteroatoms. The summed E-state index contributed by atoms with van der Waals surface area (Å²) in [5.41, 5.74) is 2.78. The maximum Gasteiger partial charge on any atom is 0.252 e. The molecule has 1 atom stereocenters. The molecule has 0 aromatic heterocycles. The summed E-state index contributed by atoms with van der Waals surface area (Å²) in [5, 5.41) is 3.33. The van der Waals surface area contributed by atoms with Crippen molar-refractivity contribution in [2.75, 3.05) is 19.0 Å². The molecule has 0 bridgehead atoms. The normalized spacial score (nSPS) is 15.4. The van der Waals surface area contributed by atoms with E-state index in [0.29, 0.717) is 30.3 Å². The Bertz CT molecular complexity index is 1190. The first kappa shape index (κ1) is 24.9. The zero-order valence-electron chi connectivity index (χ0n) is 19.3. The molecule has 1 unspecified atom stereocenters. The average Bonchev–Trinajstić information content (AvgIpc) is 3.08. The summed E-state index contributed by atoms with van der Waals surface area (Å²) in [6, 6.07) is 24.3. The van der Waals surface area contributed by atoms with Crippen LogP contribution in [-0.4, -0.2) is 46.4 Å². The van der Waals surface area contributed by atoms with Crippen LogP contribution in [0.25, 0.3) is 0 Å². The van der Waals surface area contributed by atoms with Gasteiger partial charge in [-0.2, -0.15) is 0 Å². The number of thiocarbonyl (C=S) groups is 1. The molecule has 35 heavy (non-hydrogen) atoms. The van der Waals surface area contributed by atoms with Crippen LogP contribution >= 0.6 is 28.1 Å². The lowest BCUT2D eigenvalue weighted by molar-refractivity contribution is -0.130. The zero-order chi connectivity index (χ0) is 24.8. The number of benzene rings is 3. The van der Waals surface area contributed by atoms with Crippen LogP contribution in [0.3, 0.4) is 0 Å². The van der Waals surface area contributed by atoms with Crippen molar-refractivity contribution in [2.24, 2.45) is 0 Å². The molecule has 180 valence electrons. The molecule has 3 aromatic rings. The highest BCUT2D eigenvalue weighted by molar-refractivity contribution is 9.10. The van der Waals surface area contributed by atoms with E-state index in [4.69, 9.17) is 17.0 Å². The summed E-state index contributed by atoms with van der Waals surface area (Å²) < 4.78 is 6.17. The van der Waals surface area contributed by atoms with Gasteiger partial charge in [0.05, 0.1) is 13.5 Å². The number of nitrogens with one attached hydrogen (secondary N) is 1. The van der Waals surface area contributed by atoms with E-state index in [-0.39, 0.29) is 18.2 Å². The van der Waals surface area contributed by atoms with Crippen LogP contribution in [0.15, 0.2) is 83.3 Å². The van der Waals surface area contributed by atoms with Gasteiger partial charge in [0.15, 0.2) is 5.11 Å². The van der Waals surface area contributed by atoms with Crippen LogP contribution in [0.2, 0.25) is 0 Å². The maximum absolute atomic E-state index is 13.5. The highest BCUT2D eigenvalue weighted by atomic mass is 79.9. The summed E-state index contributed by atoms with van der Waals surface area (Å²) in [7, 11) is 1.62. The topological polar surface area (TPSA) is 61.9 Å². The molecule has 6 nitrogen and oxygen atoms in total. The van der Waals surface area contributed by atoms with Crippen molar-refractivity contribution >= 4 is 50.8 Å². The molecule has 1 saturated heterocycles. The molecule has 1 heterocycles. The smallest absolute Gasteiger partial charge is 0.252 e. The number of nitrogens with zero attached hydrogens (tertiary/aromatic N) is 2. The molecule has 1 aliphatic heterocycles. The van der Waals surface area contributed by atoms with Crippen molar-refractivity contribution < 1.29 is 14.3 Å². The van der Waals surface area contributed by atoms with Crippen molar-refractivity contribution in [3.63, 3.8) is 0 Å². The molecule has 0 spiro atoms. The van der Waals surface area contributed by atoms with Gasteiger partial charge in [-0.25, -0.2) is 0 Å². The van der Waals surface area contributed by atoms with Crippen LogP contribution in [0, 0.1) is 0 Å². The third-order valence-electron chi connectivity index (χ3n) is 5.89. The highest BCUT2D eigenvalue weighted by Crippen LogP contribution is 2.25. The lowest BCUT2D eigenvalue weighted by Crippen LogP contribution is -2.37. The van der Waals surface area contributed by atoms with Gasteiger partial charge in [0.1, 0.15) is 11.8 Å². The highest BCUT2D eigenvalue weighted by Gasteiger charge is 2.43. The molecular formula is C27H26BrN3O3S. The van der Waals surface area contributed by atoms with Gasteiger partial charge < -0.3 is 15.0 Å². The van der Waals surface area contributed by atoms with E-state index in [1.807, 2.05) is 83.8 Å². The Morgan fingerprint density at radius 3 is 2.34 bits per heavy atom. The standard InChI is InChI=1S/C27H26BrN3O3S/c1-34-23-13-7-20(8-14-23)18-31-24(17-25(32)29-22-11-9-21(28)10-12-22)26(33)30(27(31)35)16-15-19-5-3-2-4-6-19/h2-14,24H,15-18H2,1H3,(H,29,32). The Morgan fingerprint density at radius 1 is 1.00 bits per heavy atom. The summed E-state index contributed by atoms with van der Waals surface area (Å²) in [5.74, 6) is 0.368. The zero-order valence-corrected chi connectivity index (χ0v) is 21.7. The summed E-state index contributed by atoms with van der Waals surface area (Å²) in [6.07, 6.45) is 0.688. The van der Waals surface area contributed by atoms with Gasteiger partial charge in [-0.1, -0.05) is 58.4 Å². The molecule has 4 rings (SSSR count). The van der Waals surface area contributed by atoms with Gasteiger partial charge in [0.25, 0.3) is 5.91 Å². The number of halogens is 1. The van der Waals surface area contributed by atoms with Crippen LogP contribution in [0.4, 0.5) is 5.69 Å². The number of methoxy groups -OCH3 is 1. The summed E-state index contributed by atoms with van der Waals surface area (Å²) in [4.78, 5) is 29.8. The number of hydrogen-bond acceptors (Lipinski definition) is 4. The first-order valence-corrected chi connectivity index (χ1v) is 12.5. The Kier molecular flexibility index (Phi) is 8.15. The van der Waals surface area contributed by atoms with Crippen LogP contribution in [-0.2, 0) is 22.6 Å². The number of carbonyl (C=O) groups excluding carboxylic acids is 2. The largest absolute Gasteiger partial charge is 0.497 e. The molecule has 1 fully saturated rings. The molecule has 0 radical (unpaired) electrons. The quantitative estimate of drug-likeness (QED) is 0.378. The number of hydrogen-bond donors (Lipinski definition) is 1. The molecule has 0 aliphatic carbocycles. The van der Waals surface area contributed by atoms with E-state index in [1.165, 1.54) is 0 Å². The van der Waals surface area contributed by atoms with E-state index in [1.54, 1.807) is 12.0 Å². The maximum atomic E-state index is 13.5. The van der Waals surface area contributed by atoms with Gasteiger partial charge in [-0.15, -0.1) is 0 Å². The van der Waals surface area contributed by atoms with Gasteiger partial charge in [0, 0.05) is 23.2 Å². The van der Waals surface area contributed by atoms with Gasteiger partial charge in [-0.3, -0.25) is 14.5 Å². The van der Waals surface area contributed by atoms with Gasteiger partial charge in [0.2, 0.25) is 5.91 Å². The Hall–Kier alpha value is -3.23. The van der Waals surface area contributed by atoms with E-state index in [2.05, 4.69) is 21.2 Å². The first-order chi connectivity index (χ1) is 16.9. The van der Waals surface area contributed by atoms with Crippen molar-refractivity contribution in [1.82, 2.24) is 9.80 Å². The summed E-state index contributed by atoms with van der Waals surface area (Å²) >= 11 is 9.14. The van der Waals surface area contributed by atoms with Crippen molar-refractivity contribution in [2.45, 2.75) is 25.4 Å². The molecule has 2 amide bonds. The molecule has 3 aromatic carbocycles. The van der Waals surface area contributed by atoms with Crippen LogP contribution in [0.5, 0.6) is 5.75 Å². The minimum absolute atomic E-state index is 0.00697. The Balaban J connectivity index is 1.51. The van der Waals surface area contributed by atoms with Crippen molar-refractivity contribution in [3.8, 4) is 5.75 Å². The molecular weight excluding hydrogens is 526 g/mol. The van der Waals surface area contributed by atoms with E-state index in [9.17, 15) is 9.59 Å². The van der Waals surface area contributed by atoms with Crippen LogP contribution in [0.1, 0.15) is 17.5 Å². The van der Waals surface area contributed by atoms with E-state index >= 15 is 0 Å². The lowest BCUT2D eigenvalue weighted by atomic mass is 10.1. The third-order valence-corrected chi connectivity index (χ3v) is 6.87. The van der Waals surface area contributed by atoms with E-state index < -0.39 is 6.04 Å². The van der Waals surface area contributed by atoms with Crippen LogP contribution < -0.4 is 10.1 Å². The number of ether oxygens (including phenoxy) is 1. The minimum Gasteiger partial charge on any atom is -0.497 e. The Morgan fingerprint density at radius 2 is 1.69 bits per heavy atom. The monoisotopic (exact) mass is 551 g/mol. The predicted octanol–water partition coefficient (Wildman–Crippen LogP) is 5.03. The fourth-order valence-corrected chi connectivity index (χ4v) is 4.65. The van der Waals surface area contributed by atoms with E-state index in [0.717, 1.165) is 21.3 Å². The SMILES string of the molecule is COc1ccc(CN2C(=S)N(CCc3ccccc3)C(=O)C2CC(=O)Nc2ccc(Br)cc2)cc1. The number of rotatable bonds is 9. The molecule has 0 saturated carbocycles. The van der Waals surface area contributed by atoms with Gasteiger partial charge in [-0.05, 0) is 66.2 Å². The second kappa shape index (κ2) is 11.5.